The Morgan fingerprint density at radius 2 is 1.97 bits per heavy atom. The number of anilines is 1. The van der Waals surface area contributed by atoms with E-state index >= 15 is 0 Å². The second kappa shape index (κ2) is 9.32. The van der Waals surface area contributed by atoms with Crippen LogP contribution < -0.4 is 10.5 Å². The maximum absolute atomic E-state index is 13.1. The molecule has 0 spiro atoms. The van der Waals surface area contributed by atoms with Gasteiger partial charge in [-0.3, -0.25) is 9.59 Å². The van der Waals surface area contributed by atoms with Crippen LogP contribution in [0.15, 0.2) is 36.4 Å². The maximum Gasteiger partial charge on any atom is 0.374 e. The van der Waals surface area contributed by atoms with E-state index in [4.69, 9.17) is 11.6 Å². The summed E-state index contributed by atoms with van der Waals surface area (Å²) in [6.07, 6.45) is 2.06. The first kappa shape index (κ1) is 22.3. The molecule has 1 aliphatic heterocycles. The Hall–Kier alpha value is -2.88. The van der Waals surface area contributed by atoms with Gasteiger partial charge in [0.15, 0.2) is 0 Å². The van der Waals surface area contributed by atoms with Crippen LogP contribution in [0.5, 0.6) is 0 Å². The summed E-state index contributed by atoms with van der Waals surface area (Å²) >= 11 is 6.04. The molecule has 2 amide bonds. The quantitative estimate of drug-likeness (QED) is 0.429. The highest BCUT2D eigenvalue weighted by atomic mass is 35.5. The van der Waals surface area contributed by atoms with E-state index in [2.05, 4.69) is 20.5 Å². The average Bonchev–Trinajstić information content (AvgIpc) is 3.41. The third-order valence-corrected chi connectivity index (χ3v) is 5.76. The molecule has 1 unspecified atom stereocenters. The molecule has 4 rings (SSSR count). The molecule has 1 aromatic heterocycles. The highest BCUT2D eigenvalue weighted by molar-refractivity contribution is 6.46. The van der Waals surface area contributed by atoms with Crippen molar-refractivity contribution >= 4 is 47.2 Å². The first-order valence-electron chi connectivity index (χ1n) is 10.6. The predicted molar refractivity (Wildman–Crippen MR) is 126 cm³/mol. The van der Waals surface area contributed by atoms with Crippen LogP contribution >= 0.6 is 11.6 Å². The third kappa shape index (κ3) is 4.80. The SMILES string of the molecule is CB(O)NC(C(=O)Nc1ccc(C(=O)N2CCCC2)c(C)c1)c1nc2cc(Cl)ccc2[nH]1. The van der Waals surface area contributed by atoms with E-state index in [1.165, 1.54) is 6.82 Å². The molecule has 10 heteroatoms. The van der Waals surface area contributed by atoms with Crippen molar-refractivity contribution in [2.75, 3.05) is 18.4 Å². The van der Waals surface area contributed by atoms with Crippen LogP contribution in [0, 0.1) is 6.92 Å². The lowest BCUT2D eigenvalue weighted by atomic mass is 9.87. The lowest BCUT2D eigenvalue weighted by molar-refractivity contribution is -0.118. The fourth-order valence-electron chi connectivity index (χ4n) is 3.94. The number of benzene rings is 2. The van der Waals surface area contributed by atoms with E-state index in [1.54, 1.807) is 36.4 Å². The Kier molecular flexibility index (Phi) is 6.50. The van der Waals surface area contributed by atoms with E-state index in [1.807, 2.05) is 11.8 Å². The fraction of sp³-hybridized carbons (Fsp3) is 0.318. The molecular weight excluding hydrogens is 429 g/mol. The van der Waals surface area contributed by atoms with Crippen LogP contribution in [0.1, 0.15) is 40.6 Å². The Labute approximate surface area is 191 Å². The molecule has 0 saturated carbocycles. The van der Waals surface area contributed by atoms with Crippen molar-refractivity contribution in [2.24, 2.45) is 0 Å². The summed E-state index contributed by atoms with van der Waals surface area (Å²) < 4.78 is 0. The highest BCUT2D eigenvalue weighted by Crippen LogP contribution is 2.23. The predicted octanol–water partition coefficient (Wildman–Crippen LogP) is 3.14. The minimum Gasteiger partial charge on any atom is -0.437 e. The van der Waals surface area contributed by atoms with Gasteiger partial charge in [0.2, 0.25) is 5.91 Å². The highest BCUT2D eigenvalue weighted by Gasteiger charge is 2.27. The number of aromatic amines is 1. The summed E-state index contributed by atoms with van der Waals surface area (Å²) in [4.78, 5) is 35.2. The summed E-state index contributed by atoms with van der Waals surface area (Å²) in [5.74, 6) is -0.0141. The minimum atomic E-state index is -0.940. The van der Waals surface area contributed by atoms with Gasteiger partial charge in [-0.1, -0.05) is 11.6 Å². The molecule has 1 aliphatic rings. The largest absolute Gasteiger partial charge is 0.437 e. The number of carbonyl (C=O) groups excluding carboxylic acids is 2. The summed E-state index contributed by atoms with van der Waals surface area (Å²) in [7, 11) is -0.940. The van der Waals surface area contributed by atoms with Gasteiger partial charge in [0.25, 0.3) is 5.91 Å². The van der Waals surface area contributed by atoms with Gasteiger partial charge in [-0.25, -0.2) is 4.98 Å². The molecular formula is C22H25BClN5O3. The number of carbonyl (C=O) groups is 2. The number of hydrogen-bond acceptors (Lipinski definition) is 5. The van der Waals surface area contributed by atoms with E-state index in [9.17, 15) is 14.6 Å². The van der Waals surface area contributed by atoms with Crippen molar-refractivity contribution < 1.29 is 14.6 Å². The number of aryl methyl sites for hydroxylation is 1. The number of aromatic nitrogens is 2. The Balaban J connectivity index is 1.55. The number of H-pyrrole nitrogens is 1. The lowest BCUT2D eigenvalue weighted by Crippen LogP contribution is -2.41. The van der Waals surface area contributed by atoms with Crippen LogP contribution in [-0.2, 0) is 4.79 Å². The maximum atomic E-state index is 13.1. The number of nitrogens with one attached hydrogen (secondary N) is 3. The first-order chi connectivity index (χ1) is 15.3. The average molecular weight is 454 g/mol. The molecule has 1 saturated heterocycles. The standard InChI is InChI=1S/C22H25BClN5O3/c1-13-11-15(6-7-16(13)22(31)29-9-3-4-10-29)25-21(30)19(28-23(2)32)20-26-17-8-5-14(24)12-18(17)27-20/h5-8,11-12,19,28,32H,3-4,9-10H2,1-2H3,(H,25,30)(H,26,27). The monoisotopic (exact) mass is 453 g/mol. The van der Waals surface area contributed by atoms with Gasteiger partial charge in [-0.15, -0.1) is 0 Å². The molecule has 2 heterocycles. The van der Waals surface area contributed by atoms with E-state index in [-0.39, 0.29) is 5.91 Å². The molecule has 0 radical (unpaired) electrons. The number of nitrogens with zero attached hydrogens (tertiary/aromatic N) is 2. The third-order valence-electron chi connectivity index (χ3n) is 5.52. The van der Waals surface area contributed by atoms with Crippen LogP contribution in [0.25, 0.3) is 11.0 Å². The van der Waals surface area contributed by atoms with Crippen LogP contribution in [0.2, 0.25) is 11.8 Å². The summed E-state index contributed by atoms with van der Waals surface area (Å²) in [6.45, 7) is 4.95. The van der Waals surface area contributed by atoms with Gasteiger partial charge in [0, 0.05) is 29.4 Å². The molecule has 0 aliphatic carbocycles. The first-order valence-corrected chi connectivity index (χ1v) is 11.0. The molecule has 32 heavy (non-hydrogen) atoms. The molecule has 2 aromatic carbocycles. The summed E-state index contributed by atoms with van der Waals surface area (Å²) in [5, 5.41) is 16.1. The zero-order valence-electron chi connectivity index (χ0n) is 18.0. The molecule has 166 valence electrons. The Bertz CT molecular complexity index is 1160. The normalized spacial score (nSPS) is 14.6. The lowest BCUT2D eigenvalue weighted by Gasteiger charge is -2.19. The Morgan fingerprint density at radius 1 is 1.22 bits per heavy atom. The van der Waals surface area contributed by atoms with Crippen LogP contribution in [0.4, 0.5) is 5.69 Å². The van der Waals surface area contributed by atoms with E-state index in [0.717, 1.165) is 37.0 Å². The zero-order valence-corrected chi connectivity index (χ0v) is 18.7. The zero-order chi connectivity index (χ0) is 22.8. The van der Waals surface area contributed by atoms with Crippen molar-refractivity contribution in [2.45, 2.75) is 32.6 Å². The smallest absolute Gasteiger partial charge is 0.374 e. The van der Waals surface area contributed by atoms with Crippen LogP contribution in [0.3, 0.4) is 0 Å². The number of likely N-dealkylation sites (tertiary alicyclic amines) is 1. The molecule has 1 fully saturated rings. The summed E-state index contributed by atoms with van der Waals surface area (Å²) in [6, 6.07) is 9.53. The van der Waals surface area contributed by atoms with Crippen molar-refractivity contribution in [1.29, 1.82) is 0 Å². The number of halogens is 1. The van der Waals surface area contributed by atoms with Gasteiger partial charge < -0.3 is 25.5 Å². The topological polar surface area (TPSA) is 110 Å². The second-order valence-electron chi connectivity index (χ2n) is 8.08. The molecule has 8 nitrogen and oxygen atoms in total. The number of fused-ring (bicyclic) bond motifs is 1. The fourth-order valence-corrected chi connectivity index (χ4v) is 4.11. The number of rotatable bonds is 6. The second-order valence-corrected chi connectivity index (χ2v) is 8.51. The Morgan fingerprint density at radius 3 is 2.66 bits per heavy atom. The van der Waals surface area contributed by atoms with Gasteiger partial charge in [0.05, 0.1) is 11.0 Å². The van der Waals surface area contributed by atoms with Crippen molar-refractivity contribution in [3.63, 3.8) is 0 Å². The minimum absolute atomic E-state index is 0.0208. The van der Waals surface area contributed by atoms with Gasteiger partial charge in [-0.2, -0.15) is 0 Å². The molecule has 4 N–H and O–H groups in total. The van der Waals surface area contributed by atoms with Crippen molar-refractivity contribution in [3.8, 4) is 0 Å². The van der Waals surface area contributed by atoms with Crippen molar-refractivity contribution in [1.82, 2.24) is 20.1 Å². The molecule has 1 atom stereocenters. The summed E-state index contributed by atoms with van der Waals surface area (Å²) in [5.41, 5.74) is 3.34. The van der Waals surface area contributed by atoms with E-state index in [0.29, 0.717) is 27.6 Å². The number of imidazole rings is 1. The van der Waals surface area contributed by atoms with Gasteiger partial charge in [0.1, 0.15) is 11.9 Å². The number of hydrogen-bond donors (Lipinski definition) is 4. The molecule has 3 aromatic rings. The molecule has 0 bridgehead atoms. The van der Waals surface area contributed by atoms with E-state index < -0.39 is 19.0 Å². The van der Waals surface area contributed by atoms with Crippen molar-refractivity contribution in [3.05, 3.63) is 58.4 Å². The van der Waals surface area contributed by atoms with Gasteiger partial charge >= 0.3 is 7.05 Å². The van der Waals surface area contributed by atoms with Gasteiger partial charge in [-0.05, 0) is 68.6 Å². The number of amides is 2. The van der Waals surface area contributed by atoms with Crippen LogP contribution in [-0.4, -0.2) is 51.8 Å².